The van der Waals surface area contributed by atoms with Crippen LogP contribution in [0.3, 0.4) is 0 Å². The number of rotatable bonds is 3. The molecule has 0 radical (unpaired) electrons. The van der Waals surface area contributed by atoms with E-state index in [1.807, 2.05) is 13.8 Å². The summed E-state index contributed by atoms with van der Waals surface area (Å²) in [6, 6.07) is 0. The van der Waals surface area contributed by atoms with E-state index in [0.717, 1.165) is 6.42 Å². The summed E-state index contributed by atoms with van der Waals surface area (Å²) in [7, 11) is 0. The molecular formula is C4H9NOS. The molecule has 0 amide bonds. The zero-order chi connectivity index (χ0) is 5.70. The Balaban J connectivity index is 2.98. The van der Waals surface area contributed by atoms with Crippen molar-refractivity contribution in [1.29, 1.82) is 0 Å². The van der Waals surface area contributed by atoms with Crippen molar-refractivity contribution in [3.63, 3.8) is 0 Å². The maximum atomic E-state index is 4.63. The van der Waals surface area contributed by atoms with Gasteiger partial charge < -0.3 is 4.84 Å². The van der Waals surface area contributed by atoms with Crippen molar-refractivity contribution < 1.29 is 4.84 Å². The molecule has 2 nitrogen and oxygen atoms in total. The molecule has 0 aliphatic heterocycles. The molecule has 0 aromatic rings. The van der Waals surface area contributed by atoms with Crippen LogP contribution in [0.4, 0.5) is 0 Å². The molecule has 0 heterocycles. The van der Waals surface area contributed by atoms with Crippen LogP contribution in [0.15, 0.2) is 4.53 Å². The van der Waals surface area contributed by atoms with Crippen molar-refractivity contribution in [2.75, 3.05) is 0 Å². The van der Waals surface area contributed by atoms with E-state index in [4.69, 9.17) is 0 Å². The third-order valence-electron chi connectivity index (χ3n) is 0.798. The molecule has 0 spiro atoms. The summed E-state index contributed by atoms with van der Waals surface area (Å²) in [4.78, 5) is 4.63. The van der Waals surface area contributed by atoms with Crippen molar-refractivity contribution in [2.24, 2.45) is 4.53 Å². The molecule has 0 bridgehead atoms. The summed E-state index contributed by atoms with van der Waals surface area (Å²) < 4.78 is 3.09. The quantitative estimate of drug-likeness (QED) is 0.524. The SMILES string of the molecule is CCC(C)ON=S. The van der Waals surface area contributed by atoms with Gasteiger partial charge in [0.05, 0.1) is 12.4 Å². The summed E-state index contributed by atoms with van der Waals surface area (Å²) >= 11 is 4.20. The molecule has 0 aromatic heterocycles. The van der Waals surface area contributed by atoms with Crippen molar-refractivity contribution in [2.45, 2.75) is 26.4 Å². The second-order valence-corrected chi connectivity index (χ2v) is 1.55. The molecule has 0 aromatic carbocycles. The first-order valence-electron chi connectivity index (χ1n) is 2.29. The third kappa shape index (κ3) is 3.66. The van der Waals surface area contributed by atoms with Gasteiger partial charge in [0, 0.05) is 0 Å². The molecule has 0 saturated heterocycles. The zero-order valence-electron chi connectivity index (χ0n) is 4.55. The molecule has 42 valence electrons. The number of hydrogen-bond acceptors (Lipinski definition) is 3. The standard InChI is InChI=1S/C4H9NOS/c1-3-4(2)6-5-7/h4H,3H2,1-2H3. The Kier molecular flexibility index (Phi) is 3.89. The summed E-state index contributed by atoms with van der Waals surface area (Å²) in [5, 5.41) is 0. The fraction of sp³-hybridized carbons (Fsp3) is 1.00. The van der Waals surface area contributed by atoms with E-state index in [2.05, 4.69) is 21.8 Å². The first-order valence-corrected chi connectivity index (χ1v) is 2.66. The number of hydrogen-bond donors (Lipinski definition) is 0. The number of nitrogens with zero attached hydrogens (tertiary/aromatic N) is 1. The Morgan fingerprint density at radius 3 is 2.57 bits per heavy atom. The molecule has 0 fully saturated rings. The molecule has 1 unspecified atom stereocenters. The minimum absolute atomic E-state index is 0.178. The van der Waals surface area contributed by atoms with Crippen molar-refractivity contribution in [3.8, 4) is 0 Å². The van der Waals surface area contributed by atoms with Gasteiger partial charge in [-0.05, 0) is 17.9 Å². The predicted molar refractivity (Wildman–Crippen MR) is 30.6 cm³/mol. The minimum Gasteiger partial charge on any atom is -0.383 e. The van der Waals surface area contributed by atoms with Gasteiger partial charge in [0.15, 0.2) is 0 Å². The van der Waals surface area contributed by atoms with E-state index in [1.165, 1.54) is 0 Å². The van der Waals surface area contributed by atoms with E-state index in [0.29, 0.717) is 0 Å². The molecule has 7 heavy (non-hydrogen) atoms. The third-order valence-corrected chi connectivity index (χ3v) is 0.884. The fourth-order valence-corrected chi connectivity index (χ4v) is 0.295. The van der Waals surface area contributed by atoms with Gasteiger partial charge in [0.1, 0.15) is 6.10 Å². The van der Waals surface area contributed by atoms with Crippen molar-refractivity contribution in [3.05, 3.63) is 0 Å². The fourth-order valence-electron chi connectivity index (χ4n) is 0.148. The summed E-state index contributed by atoms with van der Waals surface area (Å²) in [5.41, 5.74) is 0. The van der Waals surface area contributed by atoms with Gasteiger partial charge in [-0.25, -0.2) is 0 Å². The largest absolute Gasteiger partial charge is 0.383 e. The average Bonchev–Trinajstić information content (AvgIpc) is 1.68. The lowest BCUT2D eigenvalue weighted by Crippen LogP contribution is -1.99. The first-order chi connectivity index (χ1) is 3.31. The topological polar surface area (TPSA) is 21.6 Å². The molecule has 3 heteroatoms. The van der Waals surface area contributed by atoms with Gasteiger partial charge in [-0.2, -0.15) is 0 Å². The van der Waals surface area contributed by atoms with Gasteiger partial charge in [0.2, 0.25) is 0 Å². The minimum atomic E-state index is 0.178. The van der Waals surface area contributed by atoms with E-state index in [1.54, 1.807) is 0 Å². The van der Waals surface area contributed by atoms with Crippen LogP contribution in [-0.2, 0) is 17.3 Å². The molecular weight excluding hydrogens is 110 g/mol. The first kappa shape index (κ1) is 6.82. The Morgan fingerprint density at radius 2 is 2.43 bits per heavy atom. The van der Waals surface area contributed by atoms with Crippen LogP contribution in [0.25, 0.3) is 0 Å². The van der Waals surface area contributed by atoms with Gasteiger partial charge in [-0.1, -0.05) is 6.92 Å². The van der Waals surface area contributed by atoms with E-state index in [9.17, 15) is 0 Å². The van der Waals surface area contributed by atoms with E-state index >= 15 is 0 Å². The Bertz CT molecular complexity index is 57.7. The summed E-state index contributed by atoms with van der Waals surface area (Å²) in [5.74, 6) is 0. The van der Waals surface area contributed by atoms with Gasteiger partial charge >= 0.3 is 0 Å². The van der Waals surface area contributed by atoms with Gasteiger partial charge in [-0.3, -0.25) is 0 Å². The van der Waals surface area contributed by atoms with Crippen molar-refractivity contribution in [1.82, 2.24) is 0 Å². The highest BCUT2D eigenvalue weighted by molar-refractivity contribution is 7.47. The molecule has 1 atom stereocenters. The molecule has 0 aliphatic rings. The van der Waals surface area contributed by atoms with Gasteiger partial charge in [-0.15, -0.1) is 0 Å². The summed E-state index contributed by atoms with van der Waals surface area (Å²) in [6.45, 7) is 3.95. The van der Waals surface area contributed by atoms with Crippen LogP contribution >= 0.6 is 0 Å². The monoisotopic (exact) mass is 119 g/mol. The average molecular weight is 119 g/mol. The van der Waals surface area contributed by atoms with Crippen LogP contribution in [0.2, 0.25) is 0 Å². The van der Waals surface area contributed by atoms with Crippen LogP contribution < -0.4 is 0 Å². The maximum Gasteiger partial charge on any atom is 0.125 e. The molecule has 0 N–H and O–H groups in total. The Labute approximate surface area is 49.0 Å². The van der Waals surface area contributed by atoms with Crippen LogP contribution in [0, 0.1) is 0 Å². The maximum absolute atomic E-state index is 4.63. The lowest BCUT2D eigenvalue weighted by Gasteiger charge is -2.01. The normalized spacial score (nSPS) is 12.9. The van der Waals surface area contributed by atoms with Gasteiger partial charge in [0.25, 0.3) is 0 Å². The molecule has 0 saturated carbocycles. The summed E-state index contributed by atoms with van der Waals surface area (Å²) in [6.07, 6.45) is 1.14. The Hall–Kier alpha value is -0.180. The second-order valence-electron chi connectivity index (χ2n) is 1.40. The van der Waals surface area contributed by atoms with Crippen molar-refractivity contribution >= 4 is 12.4 Å². The second kappa shape index (κ2) is 3.99. The van der Waals surface area contributed by atoms with Crippen LogP contribution in [0.5, 0.6) is 0 Å². The zero-order valence-corrected chi connectivity index (χ0v) is 5.36. The molecule has 0 rings (SSSR count). The molecule has 0 aliphatic carbocycles. The van der Waals surface area contributed by atoms with Crippen LogP contribution in [0.1, 0.15) is 20.3 Å². The smallest absolute Gasteiger partial charge is 0.125 e. The highest BCUT2D eigenvalue weighted by Crippen LogP contribution is 1.93. The Morgan fingerprint density at radius 1 is 1.86 bits per heavy atom. The highest BCUT2D eigenvalue weighted by atomic mass is 32.1. The van der Waals surface area contributed by atoms with Crippen LogP contribution in [-0.4, -0.2) is 6.10 Å². The predicted octanol–water partition coefficient (Wildman–Crippen LogP) is 1.45. The lowest BCUT2D eigenvalue weighted by atomic mass is 10.3. The van der Waals surface area contributed by atoms with E-state index in [-0.39, 0.29) is 6.10 Å². The highest BCUT2D eigenvalue weighted by Gasteiger charge is 1.93. The lowest BCUT2D eigenvalue weighted by molar-refractivity contribution is 0.0759. The van der Waals surface area contributed by atoms with E-state index < -0.39 is 0 Å².